The summed E-state index contributed by atoms with van der Waals surface area (Å²) in [6.45, 7) is 3.78. The van der Waals surface area contributed by atoms with Gasteiger partial charge in [-0.15, -0.1) is 0 Å². The molecule has 7 rings (SSSR count). The molecule has 0 fully saturated rings. The standard InChI is InChI=1S/C31H23N3O/c1-19(2)20-15-16-22-23-12-8-13-25(30(23)35-28(22)17-20)31-33-27-18-32-26-14-7-6-11-24(26)29(27)34(31)21-9-4-3-5-10-21/h3-19H,1-2H3/i19D. The van der Waals surface area contributed by atoms with Gasteiger partial charge in [0.05, 0.1) is 22.8 Å². The molecule has 4 aromatic carbocycles. The average Bonchev–Trinajstić information content (AvgIpc) is 3.47. The van der Waals surface area contributed by atoms with E-state index in [1.54, 1.807) is 0 Å². The van der Waals surface area contributed by atoms with Crippen LogP contribution >= 0.6 is 0 Å². The molecule has 0 atom stereocenters. The van der Waals surface area contributed by atoms with Gasteiger partial charge in [0.2, 0.25) is 0 Å². The predicted molar refractivity (Wildman–Crippen MR) is 143 cm³/mol. The Hall–Kier alpha value is -4.44. The van der Waals surface area contributed by atoms with Crippen molar-refractivity contribution in [1.82, 2.24) is 14.5 Å². The third-order valence-electron chi connectivity index (χ3n) is 6.72. The Bertz CT molecular complexity index is 1930. The number of rotatable bonds is 3. The van der Waals surface area contributed by atoms with Crippen molar-refractivity contribution in [3.8, 4) is 17.1 Å². The molecular formula is C31H23N3O. The highest BCUT2D eigenvalue weighted by atomic mass is 16.3. The van der Waals surface area contributed by atoms with Crippen LogP contribution in [-0.4, -0.2) is 14.5 Å². The molecule has 0 saturated heterocycles. The molecular weight excluding hydrogens is 430 g/mol. The van der Waals surface area contributed by atoms with Crippen molar-refractivity contribution >= 4 is 43.9 Å². The summed E-state index contributed by atoms with van der Waals surface area (Å²) >= 11 is 0. The zero-order valence-corrected chi connectivity index (χ0v) is 19.5. The monoisotopic (exact) mass is 454 g/mol. The zero-order valence-electron chi connectivity index (χ0n) is 20.5. The van der Waals surface area contributed by atoms with E-state index < -0.39 is 5.89 Å². The third-order valence-corrected chi connectivity index (χ3v) is 6.72. The van der Waals surface area contributed by atoms with Crippen molar-refractivity contribution in [3.05, 3.63) is 103 Å². The van der Waals surface area contributed by atoms with Crippen molar-refractivity contribution in [2.45, 2.75) is 19.7 Å². The number of para-hydroxylation sites is 3. The van der Waals surface area contributed by atoms with Gasteiger partial charge in [-0.2, -0.15) is 0 Å². The molecule has 0 aliphatic rings. The van der Waals surface area contributed by atoms with Gasteiger partial charge in [-0.25, -0.2) is 4.98 Å². The third kappa shape index (κ3) is 3.00. The second-order valence-electron chi connectivity index (χ2n) is 9.11. The number of pyridine rings is 1. The Balaban J connectivity index is 1.59. The molecule has 0 bridgehead atoms. The van der Waals surface area contributed by atoms with E-state index in [-0.39, 0.29) is 0 Å². The van der Waals surface area contributed by atoms with Crippen LogP contribution in [0, 0.1) is 0 Å². The summed E-state index contributed by atoms with van der Waals surface area (Å²) in [7, 11) is 0. The highest BCUT2D eigenvalue weighted by Crippen LogP contribution is 2.39. The van der Waals surface area contributed by atoms with Gasteiger partial charge in [-0.1, -0.05) is 74.5 Å². The first-order valence-electron chi connectivity index (χ1n) is 12.3. The molecule has 7 aromatic rings. The molecule has 3 heterocycles. The zero-order chi connectivity index (χ0) is 24.4. The van der Waals surface area contributed by atoms with E-state index in [0.717, 1.165) is 66.5 Å². The lowest BCUT2D eigenvalue weighted by molar-refractivity contribution is 0.667. The van der Waals surface area contributed by atoms with Crippen molar-refractivity contribution in [2.75, 3.05) is 0 Å². The molecule has 0 unspecified atom stereocenters. The summed E-state index contributed by atoms with van der Waals surface area (Å²) in [6.07, 6.45) is 1.85. The van der Waals surface area contributed by atoms with Crippen molar-refractivity contribution in [3.63, 3.8) is 0 Å². The molecule has 168 valence electrons. The number of hydrogen-bond acceptors (Lipinski definition) is 3. The molecule has 3 aromatic heterocycles. The number of fused-ring (bicyclic) bond motifs is 6. The fourth-order valence-electron chi connectivity index (χ4n) is 5.00. The highest BCUT2D eigenvalue weighted by molar-refractivity contribution is 6.10. The van der Waals surface area contributed by atoms with Gasteiger partial charge in [0.25, 0.3) is 0 Å². The fourth-order valence-corrected chi connectivity index (χ4v) is 5.00. The molecule has 0 spiro atoms. The maximum absolute atomic E-state index is 8.45. The Morgan fingerprint density at radius 3 is 2.46 bits per heavy atom. The van der Waals surface area contributed by atoms with E-state index in [1.807, 2.05) is 68.6 Å². The molecule has 35 heavy (non-hydrogen) atoms. The molecule has 4 nitrogen and oxygen atoms in total. The lowest BCUT2D eigenvalue weighted by atomic mass is 10.0. The number of nitrogens with zero attached hydrogens (tertiary/aromatic N) is 3. The molecule has 0 aliphatic carbocycles. The molecule has 0 saturated carbocycles. The van der Waals surface area contributed by atoms with E-state index in [0.29, 0.717) is 0 Å². The summed E-state index contributed by atoms with van der Waals surface area (Å²) in [5.74, 6) is 0.103. The van der Waals surface area contributed by atoms with Crippen LogP contribution in [0.4, 0.5) is 0 Å². The quantitative estimate of drug-likeness (QED) is 0.270. The van der Waals surface area contributed by atoms with Crippen LogP contribution in [0.2, 0.25) is 0 Å². The Morgan fingerprint density at radius 1 is 0.800 bits per heavy atom. The van der Waals surface area contributed by atoms with Crippen molar-refractivity contribution in [1.29, 1.82) is 0 Å². The van der Waals surface area contributed by atoms with Crippen LogP contribution in [0.3, 0.4) is 0 Å². The van der Waals surface area contributed by atoms with E-state index in [2.05, 4.69) is 52.0 Å². The first-order chi connectivity index (χ1) is 17.5. The lowest BCUT2D eigenvalue weighted by Gasteiger charge is -2.11. The molecule has 0 radical (unpaired) electrons. The first-order valence-corrected chi connectivity index (χ1v) is 11.8. The lowest BCUT2D eigenvalue weighted by Crippen LogP contribution is -1.98. The smallest absolute Gasteiger partial charge is 0.149 e. The van der Waals surface area contributed by atoms with Crippen molar-refractivity contribution < 1.29 is 5.79 Å². The highest BCUT2D eigenvalue weighted by Gasteiger charge is 2.21. The van der Waals surface area contributed by atoms with E-state index in [4.69, 9.17) is 10.8 Å². The normalized spacial score (nSPS) is 12.7. The average molecular weight is 455 g/mol. The summed E-state index contributed by atoms with van der Waals surface area (Å²) in [5.41, 5.74) is 7.22. The summed E-state index contributed by atoms with van der Waals surface area (Å²) < 4.78 is 17.2. The summed E-state index contributed by atoms with van der Waals surface area (Å²) in [6, 6.07) is 30.8. The maximum Gasteiger partial charge on any atom is 0.149 e. The van der Waals surface area contributed by atoms with Crippen molar-refractivity contribution in [2.24, 2.45) is 0 Å². The van der Waals surface area contributed by atoms with Gasteiger partial charge in [0.15, 0.2) is 0 Å². The van der Waals surface area contributed by atoms with Gasteiger partial charge in [0.1, 0.15) is 22.5 Å². The molecule has 0 amide bonds. The van der Waals surface area contributed by atoms with E-state index >= 15 is 0 Å². The SMILES string of the molecule is [2H]C(C)(C)c1ccc2c(c1)oc1c(-c3nc4cnc5ccccc5c4n3-c3ccccc3)cccc12. The topological polar surface area (TPSA) is 43.9 Å². The van der Waals surface area contributed by atoms with Crippen LogP contribution in [0.15, 0.2) is 102 Å². The van der Waals surface area contributed by atoms with Crippen LogP contribution in [0.5, 0.6) is 0 Å². The van der Waals surface area contributed by atoms with E-state index in [1.165, 1.54) is 0 Å². The number of hydrogen-bond donors (Lipinski definition) is 0. The van der Waals surface area contributed by atoms with Crippen LogP contribution in [0.25, 0.3) is 61.0 Å². The minimum Gasteiger partial charge on any atom is -0.455 e. The molecule has 0 aliphatic heterocycles. The maximum atomic E-state index is 8.45. The van der Waals surface area contributed by atoms with Crippen LogP contribution in [-0.2, 0) is 0 Å². The number of aromatic nitrogens is 3. The van der Waals surface area contributed by atoms with Crippen LogP contribution < -0.4 is 0 Å². The Morgan fingerprint density at radius 2 is 1.60 bits per heavy atom. The first kappa shape index (κ1) is 18.9. The van der Waals surface area contributed by atoms with Gasteiger partial charge in [-0.3, -0.25) is 9.55 Å². The summed E-state index contributed by atoms with van der Waals surface area (Å²) in [4.78, 5) is 9.76. The van der Waals surface area contributed by atoms with Gasteiger partial charge in [0, 0.05) is 23.2 Å². The van der Waals surface area contributed by atoms with Gasteiger partial charge < -0.3 is 4.42 Å². The number of furan rings is 1. The van der Waals surface area contributed by atoms with Gasteiger partial charge >= 0.3 is 0 Å². The minimum atomic E-state index is -0.703. The number of benzene rings is 4. The Labute approximate surface area is 203 Å². The Kier molecular flexibility index (Phi) is 4.08. The second-order valence-corrected chi connectivity index (χ2v) is 9.11. The fraction of sp³-hybridized carbons (Fsp3) is 0.0968. The summed E-state index contributed by atoms with van der Waals surface area (Å²) in [5, 5.41) is 3.12. The second kappa shape index (κ2) is 7.54. The largest absolute Gasteiger partial charge is 0.455 e. The predicted octanol–water partition coefficient (Wildman–Crippen LogP) is 8.26. The molecule has 4 heteroatoms. The number of imidazole rings is 1. The van der Waals surface area contributed by atoms with Gasteiger partial charge in [-0.05, 0) is 41.8 Å². The van der Waals surface area contributed by atoms with Crippen LogP contribution in [0.1, 0.15) is 26.7 Å². The molecule has 0 N–H and O–H groups in total. The van der Waals surface area contributed by atoms with E-state index in [9.17, 15) is 0 Å². The minimum absolute atomic E-state index is 0.703.